The van der Waals surface area contributed by atoms with Gasteiger partial charge >= 0.3 is 12.2 Å². The number of carbonyl (C=O) groups is 3. The van der Waals surface area contributed by atoms with E-state index in [1.807, 2.05) is 4.90 Å². The minimum atomic E-state index is -4.56. The highest BCUT2D eigenvalue weighted by atomic mass is 19.4. The lowest BCUT2D eigenvalue weighted by Gasteiger charge is -2.53. The Balaban J connectivity index is 1.64. The molecule has 0 aromatic heterocycles. The minimum Gasteiger partial charge on any atom is -0.497 e. The van der Waals surface area contributed by atoms with E-state index in [9.17, 15) is 27.6 Å². The first-order valence-electron chi connectivity index (χ1n) is 11.0. The van der Waals surface area contributed by atoms with Crippen LogP contribution in [0.15, 0.2) is 42.5 Å². The number of piperidine rings is 1. The summed E-state index contributed by atoms with van der Waals surface area (Å²) in [4.78, 5) is 42.9. The first-order valence-corrected chi connectivity index (χ1v) is 11.0. The maximum atomic E-state index is 14.0. The molecule has 0 saturated carbocycles. The highest BCUT2D eigenvalue weighted by Crippen LogP contribution is 2.49. The molecular formula is C24H22F3N3O4. The number of nitrogens with one attached hydrogen (secondary N) is 1. The van der Waals surface area contributed by atoms with Crippen LogP contribution >= 0.6 is 0 Å². The van der Waals surface area contributed by atoms with Crippen molar-refractivity contribution in [2.75, 3.05) is 23.5 Å². The van der Waals surface area contributed by atoms with Crippen LogP contribution in [-0.4, -0.2) is 37.5 Å². The molecule has 2 aromatic carbocycles. The van der Waals surface area contributed by atoms with Gasteiger partial charge in [0.05, 0.1) is 24.4 Å². The molecule has 10 heteroatoms. The van der Waals surface area contributed by atoms with E-state index in [-0.39, 0.29) is 17.7 Å². The maximum Gasteiger partial charge on any atom is 0.416 e. The lowest BCUT2D eigenvalue weighted by Crippen LogP contribution is -2.72. The summed E-state index contributed by atoms with van der Waals surface area (Å²) in [7, 11) is 1.48. The summed E-state index contributed by atoms with van der Waals surface area (Å²) in [6.07, 6.45) is -2.74. The van der Waals surface area contributed by atoms with Crippen molar-refractivity contribution in [3.05, 3.63) is 53.6 Å². The predicted octanol–water partition coefficient (Wildman–Crippen LogP) is 3.90. The molecule has 2 aromatic rings. The van der Waals surface area contributed by atoms with Gasteiger partial charge in [0.25, 0.3) is 5.91 Å². The van der Waals surface area contributed by atoms with Gasteiger partial charge in [0.1, 0.15) is 5.75 Å². The molecule has 7 nitrogen and oxygen atoms in total. The van der Waals surface area contributed by atoms with Gasteiger partial charge in [-0.05, 0) is 73.7 Å². The number of ether oxygens (including phenoxy) is 1. The normalized spacial score (nSPS) is 24.6. The molecule has 34 heavy (non-hydrogen) atoms. The second-order valence-corrected chi connectivity index (χ2v) is 8.79. The summed E-state index contributed by atoms with van der Waals surface area (Å²) in [5.74, 6) is -0.984. The van der Waals surface area contributed by atoms with Crippen molar-refractivity contribution in [3.63, 3.8) is 0 Å². The number of anilines is 2. The van der Waals surface area contributed by atoms with E-state index in [4.69, 9.17) is 4.74 Å². The Morgan fingerprint density at radius 3 is 2.47 bits per heavy atom. The molecule has 4 amide bonds. The first kappa shape index (κ1) is 22.2. The molecule has 3 aliphatic rings. The molecule has 0 unspecified atom stereocenters. The van der Waals surface area contributed by atoms with Gasteiger partial charge in [0.15, 0.2) is 5.41 Å². The van der Waals surface area contributed by atoms with Crippen LogP contribution < -0.4 is 19.9 Å². The average Bonchev–Trinajstić information content (AvgIpc) is 2.82. The van der Waals surface area contributed by atoms with Crippen LogP contribution in [-0.2, 0) is 22.2 Å². The third-order valence-corrected chi connectivity index (χ3v) is 7.00. The number of urea groups is 1. The van der Waals surface area contributed by atoms with Crippen LogP contribution in [0.5, 0.6) is 5.75 Å². The van der Waals surface area contributed by atoms with Crippen molar-refractivity contribution in [3.8, 4) is 5.75 Å². The summed E-state index contributed by atoms with van der Waals surface area (Å²) in [6.45, 7) is 0.502. The molecule has 1 spiro atoms. The number of carbonyl (C=O) groups excluding carboxylic acids is 3. The lowest BCUT2D eigenvalue weighted by atomic mass is 9.66. The molecule has 3 heterocycles. The van der Waals surface area contributed by atoms with Crippen LogP contribution in [0, 0.1) is 5.41 Å². The van der Waals surface area contributed by atoms with Crippen molar-refractivity contribution >= 4 is 29.2 Å². The summed E-state index contributed by atoms with van der Waals surface area (Å²) in [6, 6.07) is 8.20. The van der Waals surface area contributed by atoms with Crippen molar-refractivity contribution in [1.29, 1.82) is 0 Å². The van der Waals surface area contributed by atoms with Crippen LogP contribution in [0.2, 0.25) is 0 Å². The molecule has 2 atom stereocenters. The zero-order valence-electron chi connectivity index (χ0n) is 18.3. The van der Waals surface area contributed by atoms with E-state index in [0.29, 0.717) is 24.4 Å². The van der Waals surface area contributed by atoms with Gasteiger partial charge in [-0.2, -0.15) is 13.2 Å². The number of benzene rings is 2. The van der Waals surface area contributed by atoms with Gasteiger partial charge in [0.2, 0.25) is 5.91 Å². The Morgan fingerprint density at radius 2 is 1.79 bits per heavy atom. The lowest BCUT2D eigenvalue weighted by molar-refractivity contribution is -0.145. The number of amides is 4. The number of hydrogen-bond acceptors (Lipinski definition) is 5. The van der Waals surface area contributed by atoms with Crippen LogP contribution in [0.4, 0.5) is 29.3 Å². The molecule has 0 radical (unpaired) electrons. The average molecular weight is 473 g/mol. The third-order valence-electron chi connectivity index (χ3n) is 7.00. The van der Waals surface area contributed by atoms with E-state index in [0.717, 1.165) is 29.9 Å². The molecule has 2 saturated heterocycles. The van der Waals surface area contributed by atoms with Crippen molar-refractivity contribution < 1.29 is 32.3 Å². The number of methoxy groups -OCH3 is 1. The summed E-state index contributed by atoms with van der Waals surface area (Å²) < 4.78 is 45.5. The number of nitrogens with zero attached hydrogens (tertiary/aromatic N) is 2. The Kier molecular flexibility index (Phi) is 5.07. The number of fused-ring (bicyclic) bond motifs is 4. The van der Waals surface area contributed by atoms with Crippen molar-refractivity contribution in [2.24, 2.45) is 5.41 Å². The second-order valence-electron chi connectivity index (χ2n) is 8.79. The number of barbiturate groups is 1. The molecule has 2 fully saturated rings. The smallest absolute Gasteiger partial charge is 0.416 e. The Labute approximate surface area is 193 Å². The predicted molar refractivity (Wildman–Crippen MR) is 117 cm³/mol. The highest BCUT2D eigenvalue weighted by molar-refractivity contribution is 6.30. The fourth-order valence-electron chi connectivity index (χ4n) is 5.40. The molecule has 178 valence electrons. The highest BCUT2D eigenvalue weighted by Gasteiger charge is 2.62. The van der Waals surface area contributed by atoms with Gasteiger partial charge in [-0.1, -0.05) is 0 Å². The quantitative estimate of drug-likeness (QED) is 0.670. The van der Waals surface area contributed by atoms with Crippen molar-refractivity contribution in [1.82, 2.24) is 5.32 Å². The second kappa shape index (κ2) is 7.75. The number of rotatable bonds is 2. The van der Waals surface area contributed by atoms with Gasteiger partial charge in [-0.3, -0.25) is 14.9 Å². The fraction of sp³-hybridized carbons (Fsp3) is 0.375. The first-order chi connectivity index (χ1) is 16.2. The minimum absolute atomic E-state index is 0.224. The molecular weight excluding hydrogens is 451 g/mol. The van der Waals surface area contributed by atoms with E-state index in [1.165, 1.54) is 25.3 Å². The van der Waals surface area contributed by atoms with Gasteiger partial charge in [-0.15, -0.1) is 0 Å². The summed E-state index contributed by atoms with van der Waals surface area (Å²) >= 11 is 0. The van der Waals surface area contributed by atoms with E-state index >= 15 is 0 Å². The SMILES string of the molecule is COc1ccc(N2C(=O)NC(=O)[C@@]3(Cc4cc(C(F)(F)F)ccc4N4CCCC[C@@H]43)C2=O)cc1. The van der Waals surface area contributed by atoms with E-state index in [2.05, 4.69) is 5.32 Å². The molecule has 1 N–H and O–H groups in total. The Hall–Kier alpha value is -3.56. The third kappa shape index (κ3) is 3.23. The van der Waals surface area contributed by atoms with Gasteiger partial charge in [0, 0.05) is 12.2 Å². The number of hydrogen-bond donors (Lipinski definition) is 1. The number of alkyl halides is 3. The van der Waals surface area contributed by atoms with Crippen LogP contribution in [0.25, 0.3) is 0 Å². The monoisotopic (exact) mass is 473 g/mol. The largest absolute Gasteiger partial charge is 0.497 e. The maximum absolute atomic E-state index is 14.0. The standard InChI is InChI=1S/C24H22F3N3O4/c1-34-17-8-6-16(7-9-17)30-21(32)23(20(31)28-22(30)33)13-14-12-15(24(25,26)27)5-10-18(14)29-11-3-2-4-19(23)29/h5-10,12,19H,2-4,11,13H2,1H3,(H,28,31,33)/t19-,23+/m1/s1. The van der Waals surface area contributed by atoms with Gasteiger partial charge < -0.3 is 9.64 Å². The van der Waals surface area contributed by atoms with Crippen LogP contribution in [0.1, 0.15) is 30.4 Å². The van der Waals surface area contributed by atoms with Crippen molar-refractivity contribution in [2.45, 2.75) is 37.9 Å². The molecule has 3 aliphatic heterocycles. The zero-order valence-corrected chi connectivity index (χ0v) is 18.3. The van der Waals surface area contributed by atoms with E-state index < -0.39 is 41.0 Å². The summed E-state index contributed by atoms with van der Waals surface area (Å²) in [5, 5.41) is 2.30. The number of halogens is 3. The molecule has 0 bridgehead atoms. The Bertz CT molecular complexity index is 1180. The van der Waals surface area contributed by atoms with Gasteiger partial charge in [-0.25, -0.2) is 9.69 Å². The van der Waals surface area contributed by atoms with E-state index in [1.54, 1.807) is 12.1 Å². The molecule has 0 aliphatic carbocycles. The van der Waals surface area contributed by atoms with Crippen LogP contribution in [0.3, 0.4) is 0 Å². The number of imide groups is 2. The topological polar surface area (TPSA) is 79.0 Å². The zero-order chi connectivity index (χ0) is 24.3. The fourth-order valence-corrected chi connectivity index (χ4v) is 5.40. The Morgan fingerprint density at radius 1 is 1.06 bits per heavy atom. The molecule has 5 rings (SSSR count). The summed E-state index contributed by atoms with van der Waals surface area (Å²) in [5.41, 5.74) is -1.47.